The number of aromatic nitrogens is 1. The van der Waals surface area contributed by atoms with Gasteiger partial charge in [0.25, 0.3) is 5.91 Å². The SMILES string of the molecule is C[C@@H](CC1CC1)n1c(C2=CN(C)C(N)C=C2)c(C(N)=O)c2cc(F)c(OC(F)F)cc21. The maximum atomic E-state index is 14.6. The van der Waals surface area contributed by atoms with Gasteiger partial charge in [-0.05, 0) is 31.4 Å². The van der Waals surface area contributed by atoms with Crippen LogP contribution in [0.5, 0.6) is 5.75 Å². The number of benzene rings is 1. The first-order valence-electron chi connectivity index (χ1n) is 10.2. The predicted molar refractivity (Wildman–Crippen MR) is 112 cm³/mol. The van der Waals surface area contributed by atoms with Gasteiger partial charge in [-0.2, -0.15) is 8.78 Å². The third-order valence-electron chi connectivity index (χ3n) is 5.89. The van der Waals surface area contributed by atoms with Gasteiger partial charge in [-0.3, -0.25) is 4.79 Å². The molecule has 6 nitrogen and oxygen atoms in total. The van der Waals surface area contributed by atoms with Crippen LogP contribution in [0.3, 0.4) is 0 Å². The minimum absolute atomic E-state index is 0.0850. The molecule has 1 aromatic heterocycles. The van der Waals surface area contributed by atoms with Crippen molar-refractivity contribution in [3.8, 4) is 5.75 Å². The van der Waals surface area contributed by atoms with Crippen molar-refractivity contribution in [3.63, 3.8) is 0 Å². The number of carbonyl (C=O) groups is 1. The Morgan fingerprint density at radius 3 is 2.61 bits per heavy atom. The molecule has 1 amide bonds. The average Bonchev–Trinajstić information content (AvgIpc) is 3.43. The maximum absolute atomic E-state index is 14.6. The highest BCUT2D eigenvalue weighted by Gasteiger charge is 2.31. The summed E-state index contributed by atoms with van der Waals surface area (Å²) in [5.74, 6) is -1.73. The van der Waals surface area contributed by atoms with Gasteiger partial charge in [0.1, 0.15) is 0 Å². The summed E-state index contributed by atoms with van der Waals surface area (Å²) in [5.41, 5.74) is 13.5. The molecule has 1 aromatic carbocycles. The van der Waals surface area contributed by atoms with E-state index in [1.165, 1.54) is 6.07 Å². The number of carbonyl (C=O) groups excluding carboxylic acids is 1. The number of likely N-dealkylation sites (N-methyl/N-ethyl adjacent to an activating group) is 1. The summed E-state index contributed by atoms with van der Waals surface area (Å²) in [6, 6.07) is 2.18. The topological polar surface area (TPSA) is 86.5 Å². The molecule has 2 heterocycles. The summed E-state index contributed by atoms with van der Waals surface area (Å²) < 4.78 is 46.5. The zero-order valence-corrected chi connectivity index (χ0v) is 17.3. The molecule has 4 rings (SSSR count). The molecule has 0 radical (unpaired) electrons. The fourth-order valence-electron chi connectivity index (χ4n) is 4.26. The number of nitrogens with two attached hydrogens (primary N) is 2. The molecule has 1 fully saturated rings. The predicted octanol–water partition coefficient (Wildman–Crippen LogP) is 3.97. The van der Waals surface area contributed by atoms with Gasteiger partial charge in [-0.1, -0.05) is 18.9 Å². The van der Waals surface area contributed by atoms with E-state index in [2.05, 4.69) is 4.74 Å². The van der Waals surface area contributed by atoms with E-state index in [1.807, 2.05) is 11.5 Å². The van der Waals surface area contributed by atoms with Crippen molar-refractivity contribution >= 4 is 22.4 Å². The number of allylic oxidation sites excluding steroid dienone is 2. The summed E-state index contributed by atoms with van der Waals surface area (Å²) in [4.78, 5) is 14.3. The van der Waals surface area contributed by atoms with Crippen molar-refractivity contribution in [2.75, 3.05) is 7.05 Å². The van der Waals surface area contributed by atoms with Gasteiger partial charge in [0.2, 0.25) is 0 Å². The number of rotatable bonds is 7. The van der Waals surface area contributed by atoms with Crippen LogP contribution in [0.15, 0.2) is 30.5 Å². The second-order valence-corrected chi connectivity index (χ2v) is 8.26. The Bertz CT molecular complexity index is 1090. The third kappa shape index (κ3) is 4.01. The number of fused-ring (bicyclic) bond motifs is 1. The molecule has 2 atom stereocenters. The van der Waals surface area contributed by atoms with Crippen LogP contribution in [0.1, 0.15) is 48.3 Å². The molecule has 2 aromatic rings. The Morgan fingerprint density at radius 1 is 1.32 bits per heavy atom. The number of hydrogen-bond donors (Lipinski definition) is 2. The van der Waals surface area contributed by atoms with E-state index >= 15 is 0 Å². The smallest absolute Gasteiger partial charge is 0.387 e. The van der Waals surface area contributed by atoms with Crippen molar-refractivity contribution in [2.45, 2.75) is 45.0 Å². The minimum atomic E-state index is -3.17. The highest BCUT2D eigenvalue weighted by molar-refractivity contribution is 6.11. The number of primary amides is 1. The number of halogens is 3. The standard InChI is InChI=1S/C22H25F3N4O2/c1-11(7-12-3-4-12)29-16-9-17(31-22(24)25)15(23)8-14(16)19(21(27)30)20(29)13-5-6-18(26)28(2)10-13/h5-6,8-12,18,22H,3-4,7,26H2,1-2H3,(H2,27,30)/t11-,18?/m0/s1. The Morgan fingerprint density at radius 2 is 2.03 bits per heavy atom. The van der Waals surface area contributed by atoms with Crippen molar-refractivity contribution in [3.05, 3.63) is 47.6 Å². The molecule has 1 aliphatic carbocycles. The van der Waals surface area contributed by atoms with Crippen LogP contribution in [0.25, 0.3) is 16.5 Å². The van der Waals surface area contributed by atoms with Crippen molar-refractivity contribution in [1.29, 1.82) is 0 Å². The number of ether oxygens (including phenoxy) is 1. The minimum Gasteiger partial charge on any atom is -0.432 e. The average molecular weight is 434 g/mol. The number of hydrogen-bond acceptors (Lipinski definition) is 4. The molecule has 0 saturated heterocycles. The van der Waals surface area contributed by atoms with Crippen LogP contribution in [-0.4, -0.2) is 35.2 Å². The van der Waals surface area contributed by atoms with Crippen molar-refractivity contribution in [2.24, 2.45) is 17.4 Å². The molecule has 0 bridgehead atoms. The fraction of sp³-hybridized carbons (Fsp3) is 0.409. The summed E-state index contributed by atoms with van der Waals surface area (Å²) in [6.07, 6.45) is 8.11. The molecular weight excluding hydrogens is 409 g/mol. The fourth-order valence-corrected chi connectivity index (χ4v) is 4.26. The normalized spacial score (nSPS) is 19.8. The van der Waals surface area contributed by atoms with E-state index in [4.69, 9.17) is 11.5 Å². The number of alkyl halides is 2. The Kier molecular flexibility index (Phi) is 5.47. The number of nitrogens with zero attached hydrogens (tertiary/aromatic N) is 2. The van der Waals surface area contributed by atoms with E-state index in [1.54, 1.807) is 30.3 Å². The van der Waals surface area contributed by atoms with Crippen LogP contribution < -0.4 is 16.2 Å². The second kappa shape index (κ2) is 7.96. The molecule has 1 saturated carbocycles. The molecule has 31 heavy (non-hydrogen) atoms. The Hall–Kier alpha value is -2.94. The molecule has 4 N–H and O–H groups in total. The highest BCUT2D eigenvalue weighted by Crippen LogP contribution is 2.42. The molecule has 166 valence electrons. The van der Waals surface area contributed by atoms with E-state index in [0.29, 0.717) is 22.7 Å². The monoisotopic (exact) mass is 434 g/mol. The van der Waals surface area contributed by atoms with Crippen LogP contribution in [0.4, 0.5) is 13.2 Å². The quantitative estimate of drug-likeness (QED) is 0.691. The van der Waals surface area contributed by atoms with Gasteiger partial charge in [0, 0.05) is 36.3 Å². The van der Waals surface area contributed by atoms with Crippen LogP contribution >= 0.6 is 0 Å². The first-order chi connectivity index (χ1) is 14.7. The van der Waals surface area contributed by atoms with Gasteiger partial charge in [-0.15, -0.1) is 0 Å². The maximum Gasteiger partial charge on any atom is 0.387 e. The molecule has 1 unspecified atom stereocenters. The van der Waals surface area contributed by atoms with Gasteiger partial charge in [0.15, 0.2) is 11.6 Å². The van der Waals surface area contributed by atoms with E-state index in [0.717, 1.165) is 25.3 Å². The van der Waals surface area contributed by atoms with E-state index in [-0.39, 0.29) is 23.2 Å². The summed E-state index contributed by atoms with van der Waals surface area (Å²) in [6.45, 7) is -1.18. The summed E-state index contributed by atoms with van der Waals surface area (Å²) in [5, 5.41) is 0.260. The first kappa shape index (κ1) is 21.3. The number of amides is 1. The van der Waals surface area contributed by atoms with Gasteiger partial charge in [0.05, 0.1) is 22.9 Å². The zero-order chi connectivity index (χ0) is 22.4. The molecule has 1 aliphatic heterocycles. The van der Waals surface area contributed by atoms with Gasteiger partial charge < -0.3 is 25.7 Å². The van der Waals surface area contributed by atoms with Crippen LogP contribution in [0, 0.1) is 11.7 Å². The summed E-state index contributed by atoms with van der Waals surface area (Å²) >= 11 is 0. The molecule has 2 aliphatic rings. The van der Waals surface area contributed by atoms with Crippen LogP contribution in [-0.2, 0) is 0 Å². The third-order valence-corrected chi connectivity index (χ3v) is 5.89. The Balaban J connectivity index is 2.00. The molecule has 0 spiro atoms. The highest BCUT2D eigenvalue weighted by atomic mass is 19.3. The second-order valence-electron chi connectivity index (χ2n) is 8.26. The lowest BCUT2D eigenvalue weighted by Crippen LogP contribution is -2.35. The Labute approximate surface area is 177 Å². The lowest BCUT2D eigenvalue weighted by atomic mass is 10.0. The van der Waals surface area contributed by atoms with Gasteiger partial charge >= 0.3 is 6.61 Å². The van der Waals surface area contributed by atoms with E-state index < -0.39 is 24.1 Å². The lowest BCUT2D eigenvalue weighted by Gasteiger charge is -2.27. The first-order valence-corrected chi connectivity index (χ1v) is 10.2. The largest absolute Gasteiger partial charge is 0.432 e. The molecular formula is C22H25F3N4O2. The van der Waals surface area contributed by atoms with Crippen LogP contribution in [0.2, 0.25) is 0 Å². The van der Waals surface area contributed by atoms with Crippen molar-refractivity contribution < 1.29 is 22.7 Å². The van der Waals surface area contributed by atoms with E-state index in [9.17, 15) is 18.0 Å². The summed E-state index contributed by atoms with van der Waals surface area (Å²) in [7, 11) is 1.80. The van der Waals surface area contributed by atoms with Gasteiger partial charge in [-0.25, -0.2) is 4.39 Å². The zero-order valence-electron chi connectivity index (χ0n) is 17.3. The molecule has 9 heteroatoms. The lowest BCUT2D eigenvalue weighted by molar-refractivity contribution is -0.0521. The van der Waals surface area contributed by atoms with Crippen molar-refractivity contribution in [1.82, 2.24) is 9.47 Å².